The minimum absolute atomic E-state index is 0.0108. The normalized spacial score (nSPS) is 22.5. The van der Waals surface area contributed by atoms with E-state index in [-0.39, 0.29) is 30.4 Å². The first-order valence-corrected chi connectivity index (χ1v) is 11.3. The third-order valence-electron chi connectivity index (χ3n) is 4.08. The minimum atomic E-state index is -4.04. The number of hydrogen-bond acceptors (Lipinski definition) is 7. The SMILES string of the molecule is CC(=O)NCc1ccc(S(=O)(=O)N(CCN)[C@@H]2CS(=O)(=O)C[C@H]2O)cc1. The summed E-state index contributed by atoms with van der Waals surface area (Å²) in [5, 5.41) is 12.6. The number of amides is 1. The standard InChI is InChI=1S/C15H23N3O6S2/c1-11(19)17-8-12-2-4-13(5-3-12)26(23,24)18(7-6-16)14-9-25(21,22)10-15(14)20/h2-5,14-15,20H,6-10,16H2,1H3,(H,17,19)/t14-,15-/m1/s1. The molecule has 1 aromatic rings. The zero-order valence-electron chi connectivity index (χ0n) is 14.3. The van der Waals surface area contributed by atoms with E-state index in [0.29, 0.717) is 5.56 Å². The van der Waals surface area contributed by atoms with Crippen molar-refractivity contribution in [2.75, 3.05) is 24.6 Å². The number of aliphatic hydroxyl groups excluding tert-OH is 1. The lowest BCUT2D eigenvalue weighted by Gasteiger charge is -2.29. The maximum Gasteiger partial charge on any atom is 0.243 e. The minimum Gasteiger partial charge on any atom is -0.390 e. The second-order valence-electron chi connectivity index (χ2n) is 6.17. The summed E-state index contributed by atoms with van der Waals surface area (Å²) >= 11 is 0. The van der Waals surface area contributed by atoms with Gasteiger partial charge in [-0.25, -0.2) is 16.8 Å². The fraction of sp³-hybridized carbons (Fsp3) is 0.533. The largest absolute Gasteiger partial charge is 0.390 e. The molecule has 26 heavy (non-hydrogen) atoms. The van der Waals surface area contributed by atoms with Crippen LogP contribution in [-0.4, -0.2) is 68.9 Å². The maximum atomic E-state index is 12.9. The second-order valence-corrected chi connectivity index (χ2v) is 10.2. The van der Waals surface area contributed by atoms with Gasteiger partial charge in [0.2, 0.25) is 15.9 Å². The molecule has 0 unspecified atom stereocenters. The number of carbonyl (C=O) groups is 1. The van der Waals surface area contributed by atoms with Crippen molar-refractivity contribution in [3.8, 4) is 0 Å². The zero-order chi connectivity index (χ0) is 19.5. The Morgan fingerprint density at radius 3 is 2.38 bits per heavy atom. The average Bonchev–Trinajstić information content (AvgIpc) is 2.83. The molecule has 1 amide bonds. The van der Waals surface area contributed by atoms with Gasteiger partial charge in [-0.3, -0.25) is 4.79 Å². The molecule has 0 aromatic heterocycles. The topological polar surface area (TPSA) is 147 Å². The van der Waals surface area contributed by atoms with Crippen LogP contribution < -0.4 is 11.1 Å². The molecule has 11 heteroatoms. The number of nitrogens with zero attached hydrogens (tertiary/aromatic N) is 1. The third kappa shape index (κ3) is 4.80. The number of carbonyl (C=O) groups excluding carboxylic acids is 1. The lowest BCUT2D eigenvalue weighted by molar-refractivity contribution is -0.119. The smallest absolute Gasteiger partial charge is 0.243 e. The molecular formula is C15H23N3O6S2. The molecule has 1 heterocycles. The fourth-order valence-corrected chi connectivity index (χ4v) is 6.38. The van der Waals surface area contributed by atoms with Gasteiger partial charge in [-0.05, 0) is 17.7 Å². The van der Waals surface area contributed by atoms with Gasteiger partial charge in [-0.2, -0.15) is 4.31 Å². The van der Waals surface area contributed by atoms with Crippen LogP contribution >= 0.6 is 0 Å². The molecule has 2 rings (SSSR count). The van der Waals surface area contributed by atoms with Gasteiger partial charge in [0.1, 0.15) is 0 Å². The number of aliphatic hydroxyl groups is 1. The molecule has 1 aliphatic rings. The Bertz CT molecular complexity index is 852. The first-order valence-electron chi connectivity index (χ1n) is 8.00. The Kier molecular flexibility index (Phi) is 6.40. The molecule has 4 N–H and O–H groups in total. The average molecular weight is 405 g/mol. The Morgan fingerprint density at radius 2 is 1.92 bits per heavy atom. The van der Waals surface area contributed by atoms with Crippen molar-refractivity contribution in [1.29, 1.82) is 0 Å². The summed E-state index contributed by atoms with van der Waals surface area (Å²) in [5.74, 6) is -1.11. The van der Waals surface area contributed by atoms with Gasteiger partial charge >= 0.3 is 0 Å². The van der Waals surface area contributed by atoms with Crippen molar-refractivity contribution in [3.63, 3.8) is 0 Å². The van der Waals surface area contributed by atoms with Gasteiger partial charge in [0.15, 0.2) is 9.84 Å². The summed E-state index contributed by atoms with van der Waals surface area (Å²) in [4.78, 5) is 10.9. The van der Waals surface area contributed by atoms with Crippen LogP contribution in [0.3, 0.4) is 0 Å². The van der Waals surface area contributed by atoms with Crippen LogP contribution in [0.5, 0.6) is 0 Å². The number of sulfonamides is 1. The van der Waals surface area contributed by atoms with Crippen LogP contribution in [-0.2, 0) is 31.2 Å². The molecule has 2 atom stereocenters. The number of nitrogens with two attached hydrogens (primary N) is 1. The molecule has 1 fully saturated rings. The number of rotatable bonds is 7. The highest BCUT2D eigenvalue weighted by Gasteiger charge is 2.44. The van der Waals surface area contributed by atoms with Crippen LogP contribution in [0, 0.1) is 0 Å². The quantitative estimate of drug-likeness (QED) is 0.496. The number of nitrogens with one attached hydrogen (secondary N) is 1. The first kappa shape index (κ1) is 20.8. The number of sulfone groups is 1. The maximum absolute atomic E-state index is 12.9. The van der Waals surface area contributed by atoms with Crippen molar-refractivity contribution in [3.05, 3.63) is 29.8 Å². The number of benzene rings is 1. The van der Waals surface area contributed by atoms with Crippen LogP contribution in [0.15, 0.2) is 29.2 Å². The van der Waals surface area contributed by atoms with E-state index in [2.05, 4.69) is 5.32 Å². The van der Waals surface area contributed by atoms with Crippen LogP contribution in [0.1, 0.15) is 12.5 Å². The molecule has 9 nitrogen and oxygen atoms in total. The number of hydrogen-bond donors (Lipinski definition) is 3. The fourth-order valence-electron chi connectivity index (χ4n) is 2.82. The Morgan fingerprint density at radius 1 is 1.31 bits per heavy atom. The van der Waals surface area contributed by atoms with Crippen LogP contribution in [0.2, 0.25) is 0 Å². The van der Waals surface area contributed by atoms with E-state index in [1.165, 1.54) is 19.1 Å². The van der Waals surface area contributed by atoms with Crippen LogP contribution in [0.4, 0.5) is 0 Å². The lowest BCUT2D eigenvalue weighted by Crippen LogP contribution is -2.48. The molecule has 146 valence electrons. The van der Waals surface area contributed by atoms with E-state index < -0.39 is 43.5 Å². The van der Waals surface area contributed by atoms with Gasteiger partial charge < -0.3 is 16.2 Å². The third-order valence-corrected chi connectivity index (χ3v) is 7.72. The monoisotopic (exact) mass is 405 g/mol. The highest BCUT2D eigenvalue weighted by atomic mass is 32.2. The van der Waals surface area contributed by atoms with E-state index in [1.54, 1.807) is 12.1 Å². The first-order chi connectivity index (χ1) is 12.1. The van der Waals surface area contributed by atoms with Gasteiger partial charge in [-0.1, -0.05) is 12.1 Å². The van der Waals surface area contributed by atoms with Gasteiger partial charge in [-0.15, -0.1) is 0 Å². The summed E-state index contributed by atoms with van der Waals surface area (Å²) in [6, 6.07) is 4.82. The summed E-state index contributed by atoms with van der Waals surface area (Å²) in [5.41, 5.74) is 6.22. The highest BCUT2D eigenvalue weighted by molar-refractivity contribution is 7.92. The zero-order valence-corrected chi connectivity index (χ0v) is 16.0. The molecule has 0 spiro atoms. The summed E-state index contributed by atoms with van der Waals surface area (Å²) in [6.45, 7) is 1.53. The summed E-state index contributed by atoms with van der Waals surface area (Å²) < 4.78 is 50.3. The molecule has 0 bridgehead atoms. The highest BCUT2D eigenvalue weighted by Crippen LogP contribution is 2.25. The second kappa shape index (κ2) is 8.01. The summed E-state index contributed by atoms with van der Waals surface area (Å²) in [7, 11) is -7.55. The van der Waals surface area contributed by atoms with Gasteiger partial charge in [0.25, 0.3) is 0 Å². The molecule has 1 saturated heterocycles. The van der Waals surface area contributed by atoms with E-state index in [9.17, 15) is 26.7 Å². The predicted octanol–water partition coefficient (Wildman–Crippen LogP) is -1.57. The Labute approximate surface area is 153 Å². The molecule has 0 aliphatic carbocycles. The molecule has 1 aromatic carbocycles. The van der Waals surface area contributed by atoms with E-state index in [1.807, 2.05) is 0 Å². The van der Waals surface area contributed by atoms with Crippen molar-refractivity contribution in [1.82, 2.24) is 9.62 Å². The van der Waals surface area contributed by atoms with Crippen molar-refractivity contribution in [2.45, 2.75) is 30.5 Å². The predicted molar refractivity (Wildman–Crippen MR) is 95.4 cm³/mol. The molecule has 1 aliphatic heterocycles. The van der Waals surface area contributed by atoms with Gasteiger partial charge in [0, 0.05) is 26.6 Å². The molecular weight excluding hydrogens is 382 g/mol. The van der Waals surface area contributed by atoms with E-state index in [0.717, 1.165) is 4.31 Å². The van der Waals surface area contributed by atoms with Crippen molar-refractivity contribution < 1.29 is 26.7 Å². The molecule has 0 radical (unpaired) electrons. The van der Waals surface area contributed by atoms with E-state index >= 15 is 0 Å². The van der Waals surface area contributed by atoms with Gasteiger partial charge in [0.05, 0.1) is 28.5 Å². The van der Waals surface area contributed by atoms with Crippen LogP contribution in [0.25, 0.3) is 0 Å². The lowest BCUT2D eigenvalue weighted by atomic mass is 10.2. The Hall–Kier alpha value is -1.53. The van der Waals surface area contributed by atoms with Crippen molar-refractivity contribution >= 4 is 25.8 Å². The molecule has 0 saturated carbocycles. The Balaban J connectivity index is 2.28. The van der Waals surface area contributed by atoms with Crippen molar-refractivity contribution in [2.24, 2.45) is 5.73 Å². The summed E-state index contributed by atoms with van der Waals surface area (Å²) in [6.07, 6.45) is -1.29. The van der Waals surface area contributed by atoms with E-state index in [4.69, 9.17) is 5.73 Å².